The van der Waals surface area contributed by atoms with Crippen molar-refractivity contribution in [2.24, 2.45) is 0 Å². The molecule has 29 heavy (non-hydrogen) atoms. The van der Waals surface area contributed by atoms with E-state index in [9.17, 15) is 4.79 Å². The van der Waals surface area contributed by atoms with Crippen molar-refractivity contribution in [1.82, 2.24) is 19.8 Å². The Labute approximate surface area is 173 Å². The molecule has 0 radical (unpaired) electrons. The van der Waals surface area contributed by atoms with Crippen LogP contribution in [0.25, 0.3) is 0 Å². The maximum Gasteiger partial charge on any atom is 0.319 e. The number of carbonyl (C=O) groups excluding carboxylic acids is 1. The normalized spacial score (nSPS) is 24.5. The number of nitrogens with zero attached hydrogens (tertiary/aromatic N) is 3. The van der Waals surface area contributed by atoms with Gasteiger partial charge >= 0.3 is 6.03 Å². The number of piperidine rings is 2. The van der Waals surface area contributed by atoms with Crippen LogP contribution in [0, 0.1) is 0 Å². The molecule has 1 aromatic carbocycles. The summed E-state index contributed by atoms with van der Waals surface area (Å²) in [6.45, 7) is 5.06. The molecule has 3 heterocycles. The molecule has 1 aromatic heterocycles. The van der Waals surface area contributed by atoms with Crippen LogP contribution < -0.4 is 10.6 Å². The third kappa shape index (κ3) is 4.64. The Morgan fingerprint density at radius 3 is 2.72 bits per heavy atom. The van der Waals surface area contributed by atoms with Crippen LogP contribution in [0.5, 0.6) is 0 Å². The average molecular weight is 396 g/mol. The number of amides is 2. The SMILES string of the molecule is CC(C)c1nccn1Cc1cccc(NC(=O)NC2CC3CCCC(C2)N3C)c1. The van der Waals surface area contributed by atoms with Crippen molar-refractivity contribution in [2.75, 3.05) is 12.4 Å². The van der Waals surface area contributed by atoms with Gasteiger partial charge in [-0.1, -0.05) is 32.4 Å². The number of rotatable bonds is 5. The van der Waals surface area contributed by atoms with E-state index in [1.54, 1.807) is 0 Å². The highest BCUT2D eigenvalue weighted by atomic mass is 16.2. The lowest BCUT2D eigenvalue weighted by Crippen LogP contribution is -2.55. The van der Waals surface area contributed by atoms with Crippen LogP contribution in [0.3, 0.4) is 0 Å². The smallest absolute Gasteiger partial charge is 0.319 e. The number of hydrogen-bond acceptors (Lipinski definition) is 3. The van der Waals surface area contributed by atoms with Gasteiger partial charge in [0, 0.05) is 48.7 Å². The minimum absolute atomic E-state index is 0.0970. The molecule has 0 aliphatic carbocycles. The Hall–Kier alpha value is -2.34. The zero-order valence-corrected chi connectivity index (χ0v) is 17.8. The maximum absolute atomic E-state index is 12.6. The van der Waals surface area contributed by atoms with Gasteiger partial charge in [0.15, 0.2) is 0 Å². The van der Waals surface area contributed by atoms with Gasteiger partial charge < -0.3 is 20.1 Å². The highest BCUT2D eigenvalue weighted by molar-refractivity contribution is 5.89. The number of hydrogen-bond donors (Lipinski definition) is 2. The van der Waals surface area contributed by atoms with Crippen molar-refractivity contribution >= 4 is 11.7 Å². The topological polar surface area (TPSA) is 62.2 Å². The van der Waals surface area contributed by atoms with Crippen molar-refractivity contribution in [1.29, 1.82) is 0 Å². The summed E-state index contributed by atoms with van der Waals surface area (Å²) in [6, 6.07) is 9.48. The molecule has 6 nitrogen and oxygen atoms in total. The van der Waals surface area contributed by atoms with Crippen molar-refractivity contribution in [3.8, 4) is 0 Å². The molecule has 2 bridgehead atoms. The second kappa shape index (κ2) is 8.57. The number of imidazole rings is 1. The Morgan fingerprint density at radius 2 is 2.00 bits per heavy atom. The first-order valence-electron chi connectivity index (χ1n) is 10.9. The molecule has 0 spiro atoms. The molecular formula is C23H33N5O. The molecule has 2 N–H and O–H groups in total. The zero-order valence-electron chi connectivity index (χ0n) is 17.8. The highest BCUT2D eigenvalue weighted by Crippen LogP contribution is 2.32. The van der Waals surface area contributed by atoms with E-state index in [1.165, 1.54) is 19.3 Å². The minimum Gasteiger partial charge on any atom is -0.335 e. The quantitative estimate of drug-likeness (QED) is 0.798. The summed E-state index contributed by atoms with van der Waals surface area (Å²) in [6.07, 6.45) is 9.79. The second-order valence-electron chi connectivity index (χ2n) is 8.94. The third-order valence-corrected chi connectivity index (χ3v) is 6.48. The Balaban J connectivity index is 1.35. The van der Waals surface area contributed by atoms with Crippen LogP contribution in [-0.4, -0.2) is 45.7 Å². The van der Waals surface area contributed by atoms with Gasteiger partial charge in [-0.05, 0) is 50.4 Å². The van der Waals surface area contributed by atoms with Gasteiger partial charge in [0.2, 0.25) is 0 Å². The van der Waals surface area contributed by atoms with E-state index in [1.807, 2.05) is 30.6 Å². The summed E-state index contributed by atoms with van der Waals surface area (Å²) in [5.41, 5.74) is 1.98. The molecule has 0 saturated carbocycles. The molecule has 2 fully saturated rings. The summed E-state index contributed by atoms with van der Waals surface area (Å²) in [4.78, 5) is 19.6. The summed E-state index contributed by atoms with van der Waals surface area (Å²) in [7, 11) is 2.24. The number of benzene rings is 1. The van der Waals surface area contributed by atoms with Gasteiger partial charge in [-0.2, -0.15) is 0 Å². The first kappa shape index (κ1) is 20.0. The van der Waals surface area contributed by atoms with Gasteiger partial charge in [0.25, 0.3) is 0 Å². The fourth-order valence-electron chi connectivity index (χ4n) is 4.99. The molecule has 2 aromatic rings. The number of carbonyl (C=O) groups is 1. The molecule has 2 aliphatic rings. The summed E-state index contributed by atoms with van der Waals surface area (Å²) in [5, 5.41) is 6.25. The first-order valence-corrected chi connectivity index (χ1v) is 10.9. The van der Waals surface area contributed by atoms with Gasteiger partial charge in [0.05, 0.1) is 0 Å². The summed E-state index contributed by atoms with van der Waals surface area (Å²) < 4.78 is 2.17. The third-order valence-electron chi connectivity index (χ3n) is 6.48. The fourth-order valence-corrected chi connectivity index (χ4v) is 4.99. The summed E-state index contributed by atoms with van der Waals surface area (Å²) in [5.74, 6) is 1.46. The molecule has 2 saturated heterocycles. The van der Waals surface area contributed by atoms with Crippen LogP contribution in [-0.2, 0) is 6.54 Å². The van der Waals surface area contributed by atoms with E-state index in [4.69, 9.17) is 0 Å². The fraction of sp³-hybridized carbons (Fsp3) is 0.565. The maximum atomic E-state index is 12.6. The molecular weight excluding hydrogens is 362 g/mol. The van der Waals surface area contributed by atoms with Crippen LogP contribution in [0.2, 0.25) is 0 Å². The van der Waals surface area contributed by atoms with E-state index in [2.05, 4.69) is 52.0 Å². The van der Waals surface area contributed by atoms with Crippen molar-refractivity contribution in [2.45, 2.75) is 76.5 Å². The second-order valence-corrected chi connectivity index (χ2v) is 8.94. The molecule has 4 rings (SSSR count). The number of fused-ring (bicyclic) bond motifs is 2. The lowest BCUT2D eigenvalue weighted by molar-refractivity contribution is 0.0513. The lowest BCUT2D eigenvalue weighted by atomic mass is 9.82. The van der Waals surface area contributed by atoms with Crippen LogP contribution in [0.4, 0.5) is 10.5 Å². The number of nitrogens with one attached hydrogen (secondary N) is 2. The number of anilines is 1. The van der Waals surface area contributed by atoms with Crippen LogP contribution >= 0.6 is 0 Å². The Morgan fingerprint density at radius 1 is 1.24 bits per heavy atom. The molecule has 156 valence electrons. The lowest BCUT2D eigenvalue weighted by Gasteiger charge is -2.47. The Kier molecular flexibility index (Phi) is 5.90. The van der Waals surface area contributed by atoms with Crippen molar-refractivity contribution in [3.63, 3.8) is 0 Å². The van der Waals surface area contributed by atoms with E-state index >= 15 is 0 Å². The molecule has 2 atom stereocenters. The van der Waals surface area contributed by atoms with Crippen molar-refractivity contribution < 1.29 is 4.79 Å². The van der Waals surface area contributed by atoms with Gasteiger partial charge in [-0.15, -0.1) is 0 Å². The van der Waals surface area contributed by atoms with Crippen LogP contribution in [0.1, 0.15) is 63.3 Å². The minimum atomic E-state index is -0.0970. The predicted molar refractivity (Wildman–Crippen MR) is 116 cm³/mol. The summed E-state index contributed by atoms with van der Waals surface area (Å²) >= 11 is 0. The van der Waals surface area contributed by atoms with Gasteiger partial charge in [0.1, 0.15) is 5.82 Å². The van der Waals surface area contributed by atoms with E-state index in [0.29, 0.717) is 18.0 Å². The Bertz CT molecular complexity index is 831. The number of aromatic nitrogens is 2. The molecule has 2 aliphatic heterocycles. The molecule has 2 unspecified atom stereocenters. The molecule has 2 amide bonds. The molecule has 6 heteroatoms. The zero-order chi connectivity index (χ0) is 20.4. The van der Waals surface area contributed by atoms with E-state index in [-0.39, 0.29) is 12.1 Å². The number of urea groups is 1. The first-order chi connectivity index (χ1) is 14.0. The van der Waals surface area contributed by atoms with Gasteiger partial charge in [-0.25, -0.2) is 9.78 Å². The van der Waals surface area contributed by atoms with Gasteiger partial charge in [-0.3, -0.25) is 0 Å². The average Bonchev–Trinajstić information content (AvgIpc) is 3.11. The van der Waals surface area contributed by atoms with E-state index < -0.39 is 0 Å². The van der Waals surface area contributed by atoms with Crippen molar-refractivity contribution in [3.05, 3.63) is 48.0 Å². The highest BCUT2D eigenvalue weighted by Gasteiger charge is 2.36. The van der Waals surface area contributed by atoms with Crippen LogP contribution in [0.15, 0.2) is 36.7 Å². The predicted octanol–water partition coefficient (Wildman–Crippen LogP) is 4.19. The standard InChI is InChI=1S/C23H33N5O/c1-16(2)22-24-10-11-28(22)15-17-6-4-7-18(12-17)25-23(29)26-19-13-20-8-5-9-21(14-19)27(20)3/h4,6-7,10-12,16,19-21H,5,8-9,13-15H2,1-3H3,(H2,25,26,29). The monoisotopic (exact) mass is 395 g/mol. The van der Waals surface area contributed by atoms with E-state index in [0.717, 1.165) is 36.5 Å². The largest absolute Gasteiger partial charge is 0.335 e.